The maximum atomic E-state index is 12.8. The minimum atomic E-state index is -0.382. The zero-order valence-corrected chi connectivity index (χ0v) is 14.4. The Bertz CT molecular complexity index is 1040. The number of anilines is 2. The summed E-state index contributed by atoms with van der Waals surface area (Å²) in [5, 5.41) is 10.0. The van der Waals surface area contributed by atoms with Crippen molar-refractivity contribution in [1.82, 2.24) is 14.8 Å². The van der Waals surface area contributed by atoms with Crippen LogP contribution in [0.25, 0.3) is 11.3 Å². The fourth-order valence-corrected chi connectivity index (χ4v) is 3.20. The molecule has 3 aromatic rings. The molecule has 4 rings (SSSR count). The Balaban J connectivity index is 1.79. The third-order valence-corrected chi connectivity index (χ3v) is 4.28. The van der Waals surface area contributed by atoms with Crippen LogP contribution in [0.3, 0.4) is 0 Å². The van der Waals surface area contributed by atoms with Crippen LogP contribution in [0.2, 0.25) is 0 Å². The molecule has 0 saturated heterocycles. The summed E-state index contributed by atoms with van der Waals surface area (Å²) in [5.41, 5.74) is 3.97. The Morgan fingerprint density at radius 2 is 2.00 bits per heavy atom. The van der Waals surface area contributed by atoms with E-state index in [1.54, 1.807) is 17.8 Å². The van der Waals surface area contributed by atoms with Crippen molar-refractivity contribution in [2.24, 2.45) is 7.05 Å². The highest BCUT2D eigenvalue weighted by Gasteiger charge is 2.28. The number of aryl methyl sites for hydroxylation is 2. The summed E-state index contributed by atoms with van der Waals surface area (Å²) in [7, 11) is 1.77. The predicted molar refractivity (Wildman–Crippen MR) is 97.9 cm³/mol. The van der Waals surface area contributed by atoms with E-state index in [0.29, 0.717) is 17.1 Å². The molecule has 7 heteroatoms. The zero-order chi connectivity index (χ0) is 18.3. The molecule has 0 unspecified atom stereocenters. The highest BCUT2D eigenvalue weighted by Crippen LogP contribution is 2.35. The fraction of sp³-hybridized carbons (Fsp3) is 0.158. The average Bonchev–Trinajstić information content (AvgIpc) is 2.83. The molecular formula is C19H17N5O2. The van der Waals surface area contributed by atoms with E-state index in [1.807, 2.05) is 43.3 Å². The van der Waals surface area contributed by atoms with E-state index in [4.69, 9.17) is 0 Å². The Hall–Kier alpha value is -3.48. The van der Waals surface area contributed by atoms with Gasteiger partial charge in [0.2, 0.25) is 5.91 Å². The molecule has 0 radical (unpaired) electrons. The number of nitrogens with zero attached hydrogens (tertiary/aromatic N) is 3. The van der Waals surface area contributed by atoms with Crippen molar-refractivity contribution in [2.75, 3.05) is 10.6 Å². The predicted octanol–water partition coefficient (Wildman–Crippen LogP) is 2.54. The molecule has 0 saturated carbocycles. The van der Waals surface area contributed by atoms with Crippen LogP contribution < -0.4 is 10.6 Å². The van der Waals surface area contributed by atoms with Gasteiger partial charge in [-0.15, -0.1) is 0 Å². The monoisotopic (exact) mass is 347 g/mol. The zero-order valence-electron chi connectivity index (χ0n) is 14.4. The van der Waals surface area contributed by atoms with Gasteiger partial charge in [-0.2, -0.15) is 5.10 Å². The molecule has 1 aliphatic rings. The van der Waals surface area contributed by atoms with Crippen LogP contribution in [0.5, 0.6) is 0 Å². The number of hydrogen-bond donors (Lipinski definition) is 2. The van der Waals surface area contributed by atoms with Crippen LogP contribution in [0.4, 0.5) is 11.5 Å². The fourth-order valence-electron chi connectivity index (χ4n) is 3.20. The SMILES string of the molecule is Cc1cccc(NC(=O)c2nn(C)c3c2CC(=O)Nc2ccccc2-3)n1. The molecule has 26 heavy (non-hydrogen) atoms. The minimum Gasteiger partial charge on any atom is -0.325 e. The highest BCUT2D eigenvalue weighted by atomic mass is 16.2. The van der Waals surface area contributed by atoms with Crippen LogP contribution in [-0.2, 0) is 18.3 Å². The topological polar surface area (TPSA) is 88.9 Å². The van der Waals surface area contributed by atoms with Crippen LogP contribution in [-0.4, -0.2) is 26.6 Å². The first-order valence-electron chi connectivity index (χ1n) is 8.23. The number of para-hydroxylation sites is 1. The summed E-state index contributed by atoms with van der Waals surface area (Å²) < 4.78 is 1.65. The van der Waals surface area contributed by atoms with Crippen molar-refractivity contribution < 1.29 is 9.59 Å². The number of amides is 2. The lowest BCUT2D eigenvalue weighted by Crippen LogP contribution is -2.18. The Kier molecular flexibility index (Phi) is 3.76. The number of rotatable bonds is 2. The van der Waals surface area contributed by atoms with E-state index in [9.17, 15) is 9.59 Å². The molecule has 7 nitrogen and oxygen atoms in total. The molecule has 3 heterocycles. The largest absolute Gasteiger partial charge is 0.325 e. The summed E-state index contributed by atoms with van der Waals surface area (Å²) in [6.07, 6.45) is 0.0852. The number of carbonyl (C=O) groups excluding carboxylic acids is 2. The molecule has 0 spiro atoms. The first-order chi connectivity index (χ1) is 12.5. The summed E-state index contributed by atoms with van der Waals surface area (Å²) in [6, 6.07) is 12.9. The van der Waals surface area contributed by atoms with Crippen molar-refractivity contribution in [2.45, 2.75) is 13.3 Å². The third-order valence-electron chi connectivity index (χ3n) is 4.28. The van der Waals surface area contributed by atoms with Gasteiger partial charge in [0, 0.05) is 23.9 Å². The molecule has 0 atom stereocenters. The van der Waals surface area contributed by atoms with Gasteiger partial charge in [-0.05, 0) is 25.1 Å². The van der Waals surface area contributed by atoms with Crippen LogP contribution in [0, 0.1) is 6.92 Å². The van der Waals surface area contributed by atoms with Crippen molar-refractivity contribution in [3.8, 4) is 11.3 Å². The quantitative estimate of drug-likeness (QED) is 0.745. The number of hydrogen-bond acceptors (Lipinski definition) is 4. The summed E-state index contributed by atoms with van der Waals surface area (Å²) in [5.74, 6) is -0.105. The molecule has 0 bridgehead atoms. The van der Waals surface area contributed by atoms with Crippen LogP contribution in [0.1, 0.15) is 21.7 Å². The van der Waals surface area contributed by atoms with Gasteiger partial charge in [0.25, 0.3) is 5.91 Å². The third kappa shape index (κ3) is 2.73. The number of benzene rings is 1. The molecule has 1 aromatic carbocycles. The van der Waals surface area contributed by atoms with Gasteiger partial charge >= 0.3 is 0 Å². The van der Waals surface area contributed by atoms with Gasteiger partial charge in [-0.3, -0.25) is 14.3 Å². The molecule has 2 amide bonds. The summed E-state index contributed by atoms with van der Waals surface area (Å²) in [4.78, 5) is 29.4. The maximum Gasteiger partial charge on any atom is 0.277 e. The van der Waals surface area contributed by atoms with Crippen molar-refractivity contribution >= 4 is 23.3 Å². The molecular weight excluding hydrogens is 330 g/mol. The first-order valence-corrected chi connectivity index (χ1v) is 8.23. The van der Waals surface area contributed by atoms with E-state index in [1.165, 1.54) is 0 Å². The van der Waals surface area contributed by atoms with Crippen molar-refractivity contribution in [3.05, 3.63) is 59.4 Å². The second-order valence-electron chi connectivity index (χ2n) is 6.19. The lowest BCUT2D eigenvalue weighted by molar-refractivity contribution is -0.115. The number of fused-ring (bicyclic) bond motifs is 3. The number of nitrogens with one attached hydrogen (secondary N) is 2. The number of pyridine rings is 1. The van der Waals surface area contributed by atoms with Crippen LogP contribution >= 0.6 is 0 Å². The summed E-state index contributed by atoms with van der Waals surface area (Å²) in [6.45, 7) is 1.85. The second kappa shape index (κ2) is 6.11. The standard InChI is InChI=1S/C19H17N5O2/c1-11-6-5-9-15(20-11)22-19(26)17-13-10-16(25)21-14-8-4-3-7-12(14)18(13)24(2)23-17/h3-9H,10H2,1-2H3,(H,21,25)(H,20,22,26). The normalized spacial score (nSPS) is 12.6. The molecule has 2 N–H and O–H groups in total. The second-order valence-corrected chi connectivity index (χ2v) is 6.19. The summed E-state index contributed by atoms with van der Waals surface area (Å²) >= 11 is 0. The molecule has 130 valence electrons. The highest BCUT2D eigenvalue weighted by molar-refractivity contribution is 6.08. The lowest BCUT2D eigenvalue weighted by Gasteiger charge is -2.07. The van der Waals surface area contributed by atoms with Crippen LogP contribution in [0.15, 0.2) is 42.5 Å². The Morgan fingerprint density at radius 3 is 2.81 bits per heavy atom. The van der Waals surface area contributed by atoms with Crippen molar-refractivity contribution in [3.63, 3.8) is 0 Å². The number of aromatic nitrogens is 3. The van der Waals surface area contributed by atoms with E-state index < -0.39 is 0 Å². The Labute approximate surface area is 150 Å². The number of carbonyl (C=O) groups is 2. The van der Waals surface area contributed by atoms with Gasteiger partial charge in [0.05, 0.1) is 17.8 Å². The molecule has 0 fully saturated rings. The Morgan fingerprint density at radius 1 is 1.19 bits per heavy atom. The molecule has 1 aliphatic heterocycles. The maximum absolute atomic E-state index is 12.8. The van der Waals surface area contributed by atoms with Gasteiger partial charge in [-0.1, -0.05) is 24.3 Å². The smallest absolute Gasteiger partial charge is 0.277 e. The molecule has 2 aromatic heterocycles. The molecule has 0 aliphatic carbocycles. The average molecular weight is 347 g/mol. The van der Waals surface area contributed by atoms with E-state index >= 15 is 0 Å². The van der Waals surface area contributed by atoms with Gasteiger partial charge < -0.3 is 10.6 Å². The lowest BCUT2D eigenvalue weighted by atomic mass is 10.0. The van der Waals surface area contributed by atoms with Crippen molar-refractivity contribution in [1.29, 1.82) is 0 Å². The van der Waals surface area contributed by atoms with E-state index in [0.717, 1.165) is 17.0 Å². The minimum absolute atomic E-state index is 0.0852. The first kappa shape index (κ1) is 16.0. The van der Waals surface area contributed by atoms with Gasteiger partial charge in [0.15, 0.2) is 5.69 Å². The van der Waals surface area contributed by atoms with Gasteiger partial charge in [0.1, 0.15) is 5.82 Å². The van der Waals surface area contributed by atoms with E-state index in [2.05, 4.69) is 20.7 Å². The van der Waals surface area contributed by atoms with E-state index in [-0.39, 0.29) is 23.9 Å². The van der Waals surface area contributed by atoms with Gasteiger partial charge in [-0.25, -0.2) is 4.98 Å².